The molecule has 152 valence electrons. The van der Waals surface area contributed by atoms with E-state index in [9.17, 15) is 0 Å². The average Bonchev–Trinajstić information content (AvgIpc) is 2.82. The molecule has 0 aliphatic carbocycles. The van der Waals surface area contributed by atoms with E-state index in [-0.39, 0.29) is 6.79 Å². The van der Waals surface area contributed by atoms with E-state index in [2.05, 4.69) is 104 Å². The van der Waals surface area contributed by atoms with Gasteiger partial charge in [0.2, 0.25) is 0 Å². The Balaban J connectivity index is 1.91. The minimum atomic E-state index is 0.204. The molecule has 5 aromatic carbocycles. The first-order chi connectivity index (χ1) is 15.3. The van der Waals surface area contributed by atoms with E-state index >= 15 is 0 Å². The molecule has 0 heterocycles. The van der Waals surface area contributed by atoms with E-state index < -0.39 is 0 Å². The van der Waals surface area contributed by atoms with Crippen molar-refractivity contribution < 1.29 is 9.47 Å². The fraction of sp³-hybridized carbons (Fsp3) is 0.103. The number of aryl methyl sites for hydroxylation is 1. The number of benzene rings is 5. The van der Waals surface area contributed by atoms with Crippen molar-refractivity contribution in [2.75, 3.05) is 13.9 Å². The summed E-state index contributed by atoms with van der Waals surface area (Å²) < 4.78 is 11.3. The van der Waals surface area contributed by atoms with Gasteiger partial charge in [0.1, 0.15) is 5.75 Å². The second kappa shape index (κ2) is 8.25. The van der Waals surface area contributed by atoms with Crippen LogP contribution in [0.3, 0.4) is 0 Å². The predicted octanol–water partition coefficient (Wildman–Crippen LogP) is 7.62. The van der Waals surface area contributed by atoms with Crippen molar-refractivity contribution in [3.8, 4) is 28.0 Å². The molecule has 0 fully saturated rings. The van der Waals surface area contributed by atoms with Gasteiger partial charge in [-0.1, -0.05) is 96.6 Å². The molecular weight excluding hydrogens is 380 g/mol. The molecule has 0 saturated carbocycles. The summed E-state index contributed by atoms with van der Waals surface area (Å²) in [6, 6.07) is 34.4. The van der Waals surface area contributed by atoms with E-state index in [4.69, 9.17) is 9.47 Å². The monoisotopic (exact) mass is 404 g/mol. The highest BCUT2D eigenvalue weighted by molar-refractivity contribution is 6.12. The molecule has 2 nitrogen and oxygen atoms in total. The van der Waals surface area contributed by atoms with E-state index in [0.717, 1.165) is 11.3 Å². The maximum absolute atomic E-state index is 6.09. The minimum Gasteiger partial charge on any atom is -0.467 e. The van der Waals surface area contributed by atoms with Gasteiger partial charge in [-0.25, -0.2) is 0 Å². The third kappa shape index (κ3) is 3.56. The number of fused-ring (bicyclic) bond motifs is 2. The number of hydrogen-bond acceptors (Lipinski definition) is 2. The normalized spacial score (nSPS) is 11.2. The second-order valence-electron chi connectivity index (χ2n) is 7.79. The predicted molar refractivity (Wildman–Crippen MR) is 130 cm³/mol. The largest absolute Gasteiger partial charge is 0.467 e. The van der Waals surface area contributed by atoms with Crippen LogP contribution in [0.1, 0.15) is 5.56 Å². The first-order valence-electron chi connectivity index (χ1n) is 10.5. The molecule has 0 bridgehead atoms. The summed E-state index contributed by atoms with van der Waals surface area (Å²) in [5.41, 5.74) is 5.92. The van der Waals surface area contributed by atoms with Crippen molar-refractivity contribution >= 4 is 21.5 Å². The first kappa shape index (κ1) is 19.3. The van der Waals surface area contributed by atoms with Gasteiger partial charge < -0.3 is 9.47 Å². The molecule has 0 spiro atoms. The highest BCUT2D eigenvalue weighted by Crippen LogP contribution is 2.45. The Bertz CT molecular complexity index is 1370. The van der Waals surface area contributed by atoms with E-state index in [0.29, 0.717) is 0 Å². The Morgan fingerprint density at radius 2 is 1.23 bits per heavy atom. The smallest absolute Gasteiger partial charge is 0.188 e. The molecule has 0 unspecified atom stereocenters. The van der Waals surface area contributed by atoms with Gasteiger partial charge in [0.25, 0.3) is 0 Å². The molecule has 31 heavy (non-hydrogen) atoms. The first-order valence-corrected chi connectivity index (χ1v) is 10.5. The third-order valence-corrected chi connectivity index (χ3v) is 5.76. The lowest BCUT2D eigenvalue weighted by molar-refractivity contribution is 0.0516. The standard InChI is InChI=1S/C29H24O2/c1-20-11-13-23(14-12-20)26-17-15-21-7-3-5-9-24(21)28(26)29-25-10-6-4-8-22(25)16-18-27(29)31-19-30-2/h3-18H,19H2,1-2H3. The highest BCUT2D eigenvalue weighted by atomic mass is 16.7. The summed E-state index contributed by atoms with van der Waals surface area (Å²) in [7, 11) is 1.65. The van der Waals surface area contributed by atoms with Crippen molar-refractivity contribution in [1.29, 1.82) is 0 Å². The SMILES string of the molecule is COCOc1ccc2ccccc2c1-c1c(-c2ccc(C)cc2)ccc2ccccc12. The van der Waals surface area contributed by atoms with Crippen LogP contribution < -0.4 is 4.74 Å². The zero-order chi connectivity index (χ0) is 21.2. The molecule has 0 amide bonds. The van der Waals surface area contributed by atoms with Gasteiger partial charge in [0, 0.05) is 18.2 Å². The topological polar surface area (TPSA) is 18.5 Å². The van der Waals surface area contributed by atoms with Crippen LogP contribution in [-0.2, 0) is 4.74 Å². The minimum absolute atomic E-state index is 0.204. The Morgan fingerprint density at radius 3 is 1.90 bits per heavy atom. The lowest BCUT2D eigenvalue weighted by Crippen LogP contribution is -2.01. The number of rotatable bonds is 5. The van der Waals surface area contributed by atoms with Gasteiger partial charge in [-0.3, -0.25) is 0 Å². The lowest BCUT2D eigenvalue weighted by atomic mass is 9.87. The van der Waals surface area contributed by atoms with E-state index in [1.165, 1.54) is 43.8 Å². The molecule has 0 aliphatic rings. The fourth-order valence-corrected chi connectivity index (χ4v) is 4.27. The van der Waals surface area contributed by atoms with Crippen LogP contribution in [-0.4, -0.2) is 13.9 Å². The number of ether oxygens (including phenoxy) is 2. The van der Waals surface area contributed by atoms with Crippen LogP contribution in [0.5, 0.6) is 5.75 Å². The number of hydrogen-bond donors (Lipinski definition) is 0. The Hall–Kier alpha value is -3.62. The van der Waals surface area contributed by atoms with Gasteiger partial charge in [0.05, 0.1) is 0 Å². The van der Waals surface area contributed by atoms with Crippen molar-refractivity contribution in [3.63, 3.8) is 0 Å². The fourth-order valence-electron chi connectivity index (χ4n) is 4.27. The second-order valence-corrected chi connectivity index (χ2v) is 7.79. The Kier molecular flexibility index (Phi) is 5.15. The molecular formula is C29H24O2. The van der Waals surface area contributed by atoms with Crippen molar-refractivity contribution in [2.45, 2.75) is 6.92 Å². The van der Waals surface area contributed by atoms with Crippen LogP contribution in [0.4, 0.5) is 0 Å². The van der Waals surface area contributed by atoms with Crippen LogP contribution in [0.15, 0.2) is 97.1 Å². The van der Waals surface area contributed by atoms with Crippen LogP contribution >= 0.6 is 0 Å². The van der Waals surface area contributed by atoms with E-state index in [1.807, 2.05) is 0 Å². The Labute approximate surface area is 182 Å². The van der Waals surface area contributed by atoms with E-state index in [1.54, 1.807) is 7.11 Å². The molecule has 5 aromatic rings. The number of methoxy groups -OCH3 is 1. The maximum Gasteiger partial charge on any atom is 0.188 e. The van der Waals surface area contributed by atoms with Gasteiger partial charge in [0.15, 0.2) is 6.79 Å². The molecule has 0 radical (unpaired) electrons. The average molecular weight is 405 g/mol. The quantitative estimate of drug-likeness (QED) is 0.281. The molecule has 0 N–H and O–H groups in total. The molecule has 0 aromatic heterocycles. The van der Waals surface area contributed by atoms with Crippen molar-refractivity contribution in [2.24, 2.45) is 0 Å². The zero-order valence-corrected chi connectivity index (χ0v) is 17.8. The van der Waals surface area contributed by atoms with Crippen molar-refractivity contribution in [1.82, 2.24) is 0 Å². The Morgan fingerprint density at radius 1 is 0.613 bits per heavy atom. The van der Waals surface area contributed by atoms with Crippen LogP contribution in [0.25, 0.3) is 43.8 Å². The molecule has 2 heteroatoms. The molecule has 0 saturated heterocycles. The van der Waals surface area contributed by atoms with Crippen LogP contribution in [0.2, 0.25) is 0 Å². The lowest BCUT2D eigenvalue weighted by Gasteiger charge is -2.19. The van der Waals surface area contributed by atoms with Gasteiger partial charge >= 0.3 is 0 Å². The zero-order valence-electron chi connectivity index (χ0n) is 17.8. The summed E-state index contributed by atoms with van der Waals surface area (Å²) in [4.78, 5) is 0. The van der Waals surface area contributed by atoms with Gasteiger partial charge in [-0.2, -0.15) is 0 Å². The summed E-state index contributed by atoms with van der Waals surface area (Å²) in [5, 5.41) is 4.77. The maximum atomic E-state index is 6.09. The summed E-state index contributed by atoms with van der Waals surface area (Å²) in [6.07, 6.45) is 0. The van der Waals surface area contributed by atoms with Crippen LogP contribution in [0, 0.1) is 6.92 Å². The third-order valence-electron chi connectivity index (χ3n) is 5.76. The molecule has 5 rings (SSSR count). The van der Waals surface area contributed by atoms with Crippen molar-refractivity contribution in [3.05, 3.63) is 103 Å². The van der Waals surface area contributed by atoms with Gasteiger partial charge in [-0.15, -0.1) is 0 Å². The summed E-state index contributed by atoms with van der Waals surface area (Å²) in [5.74, 6) is 0.824. The van der Waals surface area contributed by atoms with Gasteiger partial charge in [-0.05, 0) is 45.7 Å². The molecule has 0 atom stereocenters. The summed E-state index contributed by atoms with van der Waals surface area (Å²) >= 11 is 0. The summed E-state index contributed by atoms with van der Waals surface area (Å²) in [6.45, 7) is 2.32. The molecule has 0 aliphatic heterocycles. The highest BCUT2D eigenvalue weighted by Gasteiger charge is 2.18.